The molecule has 7 nitrogen and oxygen atoms in total. The van der Waals surface area contributed by atoms with Gasteiger partial charge in [-0.05, 0) is 25.2 Å². The number of nitrogens with one attached hydrogen (secondary N) is 1. The van der Waals surface area contributed by atoms with E-state index in [1.807, 2.05) is 6.20 Å². The molecule has 0 aliphatic carbocycles. The molecule has 0 amide bonds. The van der Waals surface area contributed by atoms with Crippen LogP contribution in [-0.4, -0.2) is 31.6 Å². The van der Waals surface area contributed by atoms with Gasteiger partial charge in [0.25, 0.3) is 0 Å². The van der Waals surface area contributed by atoms with E-state index >= 15 is 0 Å². The number of nitrogen functional groups attached to an aromatic ring is 1. The molecule has 3 rings (SSSR count). The van der Waals surface area contributed by atoms with E-state index < -0.39 is 10.0 Å². The molecule has 21 heavy (non-hydrogen) atoms. The Bertz CT molecular complexity index is 769. The van der Waals surface area contributed by atoms with Crippen LogP contribution in [0.2, 0.25) is 0 Å². The average molecular weight is 307 g/mol. The topological polar surface area (TPSA) is 93.2 Å². The van der Waals surface area contributed by atoms with Crippen molar-refractivity contribution in [1.29, 1.82) is 0 Å². The van der Waals surface area contributed by atoms with Gasteiger partial charge < -0.3 is 15.2 Å². The van der Waals surface area contributed by atoms with Gasteiger partial charge in [0.05, 0.1) is 22.8 Å². The number of nitrogens with two attached hydrogens (primary N) is 1. The summed E-state index contributed by atoms with van der Waals surface area (Å²) in [7, 11) is -2.09. The Kier molecular flexibility index (Phi) is 3.34. The number of imidazole rings is 1. The third kappa shape index (κ3) is 2.47. The number of fused-ring (bicyclic) bond motifs is 1. The molecule has 1 aliphatic heterocycles. The van der Waals surface area contributed by atoms with Crippen LogP contribution in [0, 0.1) is 0 Å². The van der Waals surface area contributed by atoms with Crippen molar-refractivity contribution in [3.63, 3.8) is 0 Å². The minimum Gasteiger partial charge on any atom is -0.397 e. The number of hydrogen-bond acceptors (Lipinski definition) is 5. The number of nitrogens with zero attached hydrogens (tertiary/aromatic N) is 3. The number of hydrogen-bond donors (Lipinski definition) is 2. The molecule has 8 heteroatoms. The smallest absolute Gasteiger partial charge is 0.240 e. The van der Waals surface area contributed by atoms with Crippen LogP contribution in [0.3, 0.4) is 0 Å². The summed E-state index contributed by atoms with van der Waals surface area (Å²) in [6.07, 6.45) is 3.74. The molecule has 2 aromatic rings. The van der Waals surface area contributed by atoms with Gasteiger partial charge in [0, 0.05) is 25.5 Å². The van der Waals surface area contributed by atoms with Gasteiger partial charge in [-0.25, -0.2) is 18.1 Å². The van der Waals surface area contributed by atoms with E-state index in [0.717, 1.165) is 24.6 Å². The molecule has 0 bridgehead atoms. The fourth-order valence-corrected chi connectivity index (χ4v) is 3.25. The molecule has 0 fully saturated rings. The molecule has 112 valence electrons. The van der Waals surface area contributed by atoms with Crippen LogP contribution in [0.4, 0.5) is 11.4 Å². The monoisotopic (exact) mass is 307 g/mol. The maximum absolute atomic E-state index is 11.8. The van der Waals surface area contributed by atoms with Gasteiger partial charge in [0.2, 0.25) is 10.0 Å². The lowest BCUT2D eigenvalue weighted by Gasteiger charge is -2.30. The van der Waals surface area contributed by atoms with Gasteiger partial charge in [-0.15, -0.1) is 0 Å². The van der Waals surface area contributed by atoms with Gasteiger partial charge >= 0.3 is 0 Å². The summed E-state index contributed by atoms with van der Waals surface area (Å²) >= 11 is 0. The third-order valence-electron chi connectivity index (χ3n) is 3.66. The Morgan fingerprint density at radius 1 is 1.33 bits per heavy atom. The molecule has 0 saturated heterocycles. The number of benzene rings is 1. The van der Waals surface area contributed by atoms with Crippen LogP contribution >= 0.6 is 0 Å². The van der Waals surface area contributed by atoms with Crippen molar-refractivity contribution < 1.29 is 8.42 Å². The SMILES string of the molecule is CNS(=O)(=O)c1ccc(N2CCn3ccnc3C2)c(N)c1. The fraction of sp³-hybridized carbons (Fsp3) is 0.308. The van der Waals surface area contributed by atoms with Gasteiger partial charge in [-0.2, -0.15) is 0 Å². The Balaban J connectivity index is 1.91. The van der Waals surface area contributed by atoms with Crippen molar-refractivity contribution in [2.45, 2.75) is 18.0 Å². The summed E-state index contributed by atoms with van der Waals surface area (Å²) in [5.74, 6) is 0.979. The van der Waals surface area contributed by atoms with Crippen molar-refractivity contribution in [2.75, 3.05) is 24.2 Å². The molecule has 0 spiro atoms. The van der Waals surface area contributed by atoms with E-state index in [9.17, 15) is 8.42 Å². The van der Waals surface area contributed by atoms with Crippen LogP contribution in [-0.2, 0) is 23.1 Å². The molecule has 2 heterocycles. The van der Waals surface area contributed by atoms with Gasteiger partial charge in [-0.1, -0.05) is 0 Å². The quantitative estimate of drug-likeness (QED) is 0.800. The van der Waals surface area contributed by atoms with E-state index in [1.54, 1.807) is 18.3 Å². The second-order valence-electron chi connectivity index (χ2n) is 4.89. The molecular weight excluding hydrogens is 290 g/mol. The van der Waals surface area contributed by atoms with Crippen molar-refractivity contribution in [3.8, 4) is 0 Å². The highest BCUT2D eigenvalue weighted by Crippen LogP contribution is 2.28. The second kappa shape index (κ2) is 5.05. The minimum atomic E-state index is -3.47. The van der Waals surface area contributed by atoms with E-state index in [1.165, 1.54) is 13.1 Å². The van der Waals surface area contributed by atoms with E-state index in [4.69, 9.17) is 5.73 Å². The van der Waals surface area contributed by atoms with E-state index in [-0.39, 0.29) is 4.90 Å². The van der Waals surface area contributed by atoms with E-state index in [0.29, 0.717) is 12.2 Å². The van der Waals surface area contributed by atoms with Crippen molar-refractivity contribution in [1.82, 2.24) is 14.3 Å². The highest BCUT2D eigenvalue weighted by Gasteiger charge is 2.20. The van der Waals surface area contributed by atoms with Crippen LogP contribution in [0.1, 0.15) is 5.82 Å². The summed E-state index contributed by atoms with van der Waals surface area (Å²) in [4.78, 5) is 6.58. The lowest BCUT2D eigenvalue weighted by atomic mass is 10.2. The van der Waals surface area contributed by atoms with Gasteiger partial charge in [0.15, 0.2) is 0 Å². The van der Waals surface area contributed by atoms with Crippen LogP contribution in [0.15, 0.2) is 35.5 Å². The summed E-state index contributed by atoms with van der Waals surface area (Å²) < 4.78 is 27.9. The largest absolute Gasteiger partial charge is 0.397 e. The van der Waals surface area contributed by atoms with Crippen LogP contribution in [0.25, 0.3) is 0 Å². The van der Waals surface area contributed by atoms with Crippen molar-refractivity contribution in [2.24, 2.45) is 0 Å². The zero-order valence-electron chi connectivity index (χ0n) is 11.7. The second-order valence-corrected chi connectivity index (χ2v) is 6.77. The van der Waals surface area contributed by atoms with Crippen molar-refractivity contribution in [3.05, 3.63) is 36.4 Å². The standard InChI is InChI=1S/C13H17N5O2S/c1-15-21(19,20)10-2-3-12(11(14)8-10)18-7-6-17-5-4-16-13(17)9-18/h2-5,8,15H,6-7,9,14H2,1H3. The highest BCUT2D eigenvalue weighted by molar-refractivity contribution is 7.89. The van der Waals surface area contributed by atoms with Gasteiger partial charge in [-0.3, -0.25) is 0 Å². The summed E-state index contributed by atoms with van der Waals surface area (Å²) in [5.41, 5.74) is 7.32. The molecular formula is C13H17N5O2S. The first kappa shape index (κ1) is 13.9. The molecule has 1 aliphatic rings. The first-order chi connectivity index (χ1) is 10.0. The highest BCUT2D eigenvalue weighted by atomic mass is 32.2. The number of rotatable bonds is 3. The maximum atomic E-state index is 11.8. The zero-order chi connectivity index (χ0) is 15.0. The first-order valence-corrected chi connectivity index (χ1v) is 8.07. The molecule has 1 aromatic heterocycles. The molecule has 1 aromatic carbocycles. The normalized spacial score (nSPS) is 15.0. The Morgan fingerprint density at radius 2 is 2.14 bits per heavy atom. The lowest BCUT2D eigenvalue weighted by molar-refractivity contribution is 0.560. The Labute approximate surface area is 123 Å². The lowest BCUT2D eigenvalue weighted by Crippen LogP contribution is -2.34. The first-order valence-electron chi connectivity index (χ1n) is 6.59. The summed E-state index contributed by atoms with van der Waals surface area (Å²) in [6, 6.07) is 4.80. The maximum Gasteiger partial charge on any atom is 0.240 e. The number of aromatic nitrogens is 2. The molecule has 3 N–H and O–H groups in total. The van der Waals surface area contributed by atoms with E-state index in [2.05, 4.69) is 19.2 Å². The molecule has 0 saturated carbocycles. The summed E-state index contributed by atoms with van der Waals surface area (Å²) in [6.45, 7) is 2.31. The third-order valence-corrected chi connectivity index (χ3v) is 5.08. The van der Waals surface area contributed by atoms with Crippen LogP contribution < -0.4 is 15.4 Å². The minimum absolute atomic E-state index is 0.171. The summed E-state index contributed by atoms with van der Waals surface area (Å²) in [5, 5.41) is 0. The van der Waals surface area contributed by atoms with Gasteiger partial charge in [0.1, 0.15) is 5.82 Å². The number of anilines is 2. The van der Waals surface area contributed by atoms with Crippen LogP contribution in [0.5, 0.6) is 0 Å². The fourth-order valence-electron chi connectivity index (χ4n) is 2.48. The number of sulfonamides is 1. The molecule has 0 unspecified atom stereocenters. The molecule has 0 atom stereocenters. The average Bonchev–Trinajstić information content (AvgIpc) is 2.94. The zero-order valence-corrected chi connectivity index (χ0v) is 12.5. The van der Waals surface area contributed by atoms with Crippen molar-refractivity contribution >= 4 is 21.4 Å². The Morgan fingerprint density at radius 3 is 2.86 bits per heavy atom. The Hall–Kier alpha value is -2.06. The molecule has 0 radical (unpaired) electrons. The predicted molar refractivity (Wildman–Crippen MR) is 80.4 cm³/mol. The predicted octanol–water partition coefficient (Wildman–Crippen LogP) is 0.394.